The molecule has 0 aliphatic rings. The van der Waals surface area contributed by atoms with Crippen LogP contribution in [0, 0.1) is 11.8 Å². The Morgan fingerprint density at radius 1 is 1.57 bits per heavy atom. The third-order valence-electron chi connectivity index (χ3n) is 1.32. The molecule has 72 valence electrons. The van der Waals surface area contributed by atoms with Gasteiger partial charge in [-0.2, -0.15) is 0 Å². The molecule has 4 nitrogen and oxygen atoms in total. The lowest BCUT2D eigenvalue weighted by Crippen LogP contribution is -2.01. The Kier molecular flexibility index (Phi) is 4.15. The van der Waals surface area contributed by atoms with Gasteiger partial charge in [-0.3, -0.25) is 9.78 Å². The highest BCUT2D eigenvalue weighted by Crippen LogP contribution is 1.88. The first kappa shape index (κ1) is 10.2. The van der Waals surface area contributed by atoms with Crippen LogP contribution in [-0.2, 0) is 9.53 Å². The average molecular weight is 190 g/mol. The Labute approximate surface area is 82.3 Å². The van der Waals surface area contributed by atoms with E-state index in [-0.39, 0.29) is 12.4 Å². The Morgan fingerprint density at radius 2 is 2.43 bits per heavy atom. The number of rotatable bonds is 2. The number of nitrogens with zero attached hydrogens (tertiary/aromatic N) is 2. The van der Waals surface area contributed by atoms with E-state index in [1.165, 1.54) is 6.20 Å². The lowest BCUT2D eigenvalue weighted by Gasteiger charge is -1.94. The molecule has 0 bridgehead atoms. The smallest absolute Gasteiger partial charge is 0.317 e. The van der Waals surface area contributed by atoms with Crippen molar-refractivity contribution in [2.45, 2.75) is 13.3 Å². The molecule has 1 rings (SSSR count). The quantitative estimate of drug-likeness (QED) is 0.511. The summed E-state index contributed by atoms with van der Waals surface area (Å²) in [6.07, 6.45) is 4.74. The summed E-state index contributed by atoms with van der Waals surface area (Å²) in [5, 5.41) is 0. The molecule has 0 fully saturated rings. The van der Waals surface area contributed by atoms with Crippen molar-refractivity contribution in [3.63, 3.8) is 0 Å². The molecule has 0 aliphatic heterocycles. The summed E-state index contributed by atoms with van der Waals surface area (Å²) >= 11 is 0. The van der Waals surface area contributed by atoms with Gasteiger partial charge in [0, 0.05) is 12.4 Å². The van der Waals surface area contributed by atoms with Gasteiger partial charge in [0.05, 0.1) is 12.8 Å². The van der Waals surface area contributed by atoms with Crippen molar-refractivity contribution in [3.8, 4) is 11.8 Å². The van der Waals surface area contributed by atoms with Gasteiger partial charge in [-0.05, 0) is 12.8 Å². The molecule has 1 aromatic rings. The predicted molar refractivity (Wildman–Crippen MR) is 50.2 cm³/mol. The first-order valence-corrected chi connectivity index (χ1v) is 4.23. The molecule has 1 aromatic heterocycles. The Morgan fingerprint density at radius 3 is 3.07 bits per heavy atom. The highest BCUT2D eigenvalue weighted by Gasteiger charge is 1.95. The van der Waals surface area contributed by atoms with Gasteiger partial charge < -0.3 is 4.74 Å². The van der Waals surface area contributed by atoms with Crippen molar-refractivity contribution < 1.29 is 9.53 Å². The molecule has 4 heteroatoms. The predicted octanol–water partition coefficient (Wildman–Crippen LogP) is 0.781. The van der Waals surface area contributed by atoms with Crippen molar-refractivity contribution in [1.29, 1.82) is 0 Å². The molecule has 14 heavy (non-hydrogen) atoms. The third-order valence-corrected chi connectivity index (χ3v) is 1.32. The van der Waals surface area contributed by atoms with Gasteiger partial charge in [-0.25, -0.2) is 4.98 Å². The largest absolute Gasteiger partial charge is 0.465 e. The normalized spacial score (nSPS) is 8.64. The van der Waals surface area contributed by atoms with E-state index in [1.807, 2.05) is 0 Å². The summed E-state index contributed by atoms with van der Waals surface area (Å²) in [4.78, 5) is 18.6. The highest BCUT2D eigenvalue weighted by molar-refractivity contribution is 5.72. The monoisotopic (exact) mass is 190 g/mol. The fraction of sp³-hybridized carbons (Fsp3) is 0.300. The molecule has 0 saturated carbocycles. The maximum Gasteiger partial charge on any atom is 0.317 e. The molecule has 0 N–H and O–H groups in total. The van der Waals surface area contributed by atoms with Crippen LogP contribution in [0.25, 0.3) is 0 Å². The molecule has 0 atom stereocenters. The molecule has 1 heterocycles. The van der Waals surface area contributed by atoms with E-state index in [9.17, 15) is 4.79 Å². The second kappa shape index (κ2) is 5.70. The topological polar surface area (TPSA) is 52.1 Å². The minimum Gasteiger partial charge on any atom is -0.465 e. The number of carbonyl (C=O) groups excluding carboxylic acids is 1. The number of carbonyl (C=O) groups is 1. The summed E-state index contributed by atoms with van der Waals surface area (Å²) < 4.78 is 4.70. The van der Waals surface area contributed by atoms with Crippen molar-refractivity contribution in [1.82, 2.24) is 9.97 Å². The number of aromatic nitrogens is 2. The lowest BCUT2D eigenvalue weighted by atomic mass is 10.4. The van der Waals surface area contributed by atoms with E-state index in [4.69, 9.17) is 4.74 Å². The molecule has 0 radical (unpaired) electrons. The standard InChI is InChI=1S/C10H10N2O2/c1-2-14-10(13)5-3-4-9-8-11-6-7-12-9/h6-8H,2,5H2,1H3. The van der Waals surface area contributed by atoms with Gasteiger partial charge in [0.2, 0.25) is 0 Å². The fourth-order valence-corrected chi connectivity index (χ4v) is 0.783. The molecule has 0 aromatic carbocycles. The Hall–Kier alpha value is -1.89. The van der Waals surface area contributed by atoms with Crippen LogP contribution < -0.4 is 0 Å². The zero-order valence-electron chi connectivity index (χ0n) is 7.86. The minimum atomic E-state index is -0.316. The second-order valence-electron chi connectivity index (χ2n) is 2.37. The second-order valence-corrected chi connectivity index (χ2v) is 2.37. The van der Waals surface area contributed by atoms with Crippen LogP contribution in [0.3, 0.4) is 0 Å². The Balaban J connectivity index is 2.45. The zero-order valence-corrected chi connectivity index (χ0v) is 7.86. The van der Waals surface area contributed by atoms with Crippen LogP contribution in [0.1, 0.15) is 19.0 Å². The van der Waals surface area contributed by atoms with Gasteiger partial charge in [0.15, 0.2) is 0 Å². The molecule has 0 spiro atoms. The highest BCUT2D eigenvalue weighted by atomic mass is 16.5. The number of esters is 1. The molecular formula is C10H10N2O2. The summed E-state index contributed by atoms with van der Waals surface area (Å²) in [6.45, 7) is 2.14. The van der Waals surface area contributed by atoms with E-state index < -0.39 is 0 Å². The van der Waals surface area contributed by atoms with Crippen LogP contribution in [-0.4, -0.2) is 22.5 Å². The molecule has 0 amide bonds. The van der Waals surface area contributed by atoms with Crippen LogP contribution in [0.15, 0.2) is 18.6 Å². The van der Waals surface area contributed by atoms with Gasteiger partial charge in [0.25, 0.3) is 0 Å². The molecule has 0 saturated heterocycles. The van der Waals surface area contributed by atoms with E-state index >= 15 is 0 Å². The summed E-state index contributed by atoms with van der Waals surface area (Å²) in [6, 6.07) is 0. The summed E-state index contributed by atoms with van der Waals surface area (Å²) in [5.74, 6) is 5.05. The van der Waals surface area contributed by atoms with E-state index in [0.717, 1.165) is 0 Å². The third kappa shape index (κ3) is 3.68. The van der Waals surface area contributed by atoms with Crippen LogP contribution in [0.5, 0.6) is 0 Å². The summed E-state index contributed by atoms with van der Waals surface area (Å²) in [7, 11) is 0. The summed E-state index contributed by atoms with van der Waals surface area (Å²) in [5.41, 5.74) is 0.553. The number of ether oxygens (including phenoxy) is 1. The van der Waals surface area contributed by atoms with Crippen LogP contribution >= 0.6 is 0 Å². The number of hydrogen-bond donors (Lipinski definition) is 0. The van der Waals surface area contributed by atoms with E-state index in [2.05, 4.69) is 21.8 Å². The lowest BCUT2D eigenvalue weighted by molar-refractivity contribution is -0.141. The van der Waals surface area contributed by atoms with Crippen molar-refractivity contribution in [2.24, 2.45) is 0 Å². The van der Waals surface area contributed by atoms with E-state index in [1.54, 1.807) is 19.3 Å². The minimum absolute atomic E-state index is 0.0877. The SMILES string of the molecule is CCOC(=O)CC#Cc1cnccn1. The fourth-order valence-electron chi connectivity index (χ4n) is 0.783. The maximum absolute atomic E-state index is 10.9. The maximum atomic E-state index is 10.9. The van der Waals surface area contributed by atoms with Gasteiger partial charge >= 0.3 is 5.97 Å². The first-order chi connectivity index (χ1) is 6.83. The number of hydrogen-bond acceptors (Lipinski definition) is 4. The molecule has 0 aliphatic carbocycles. The van der Waals surface area contributed by atoms with Crippen molar-refractivity contribution >= 4 is 5.97 Å². The van der Waals surface area contributed by atoms with Crippen LogP contribution in [0.4, 0.5) is 0 Å². The van der Waals surface area contributed by atoms with Gasteiger partial charge in [-0.15, -0.1) is 0 Å². The van der Waals surface area contributed by atoms with Gasteiger partial charge in [0.1, 0.15) is 12.1 Å². The molecular weight excluding hydrogens is 180 g/mol. The van der Waals surface area contributed by atoms with Gasteiger partial charge in [-0.1, -0.05) is 5.92 Å². The average Bonchev–Trinajstić information content (AvgIpc) is 2.20. The van der Waals surface area contributed by atoms with Crippen LogP contribution in [0.2, 0.25) is 0 Å². The van der Waals surface area contributed by atoms with E-state index in [0.29, 0.717) is 12.3 Å². The zero-order chi connectivity index (χ0) is 10.2. The first-order valence-electron chi connectivity index (χ1n) is 4.23. The molecule has 0 unspecified atom stereocenters. The Bertz CT molecular complexity index is 351. The van der Waals surface area contributed by atoms with Crippen molar-refractivity contribution in [3.05, 3.63) is 24.3 Å². The van der Waals surface area contributed by atoms with Crippen molar-refractivity contribution in [2.75, 3.05) is 6.61 Å².